The molecule has 0 aromatic carbocycles. The van der Waals surface area contributed by atoms with Crippen LogP contribution in [0.3, 0.4) is 0 Å². The fourth-order valence-electron chi connectivity index (χ4n) is 2.20. The van der Waals surface area contributed by atoms with Crippen molar-refractivity contribution in [2.45, 2.75) is 31.3 Å². The summed E-state index contributed by atoms with van der Waals surface area (Å²) in [6.45, 7) is 0. The molecule has 86 valence electrons. The summed E-state index contributed by atoms with van der Waals surface area (Å²) >= 11 is 0. The van der Waals surface area contributed by atoms with E-state index in [1.807, 2.05) is 0 Å². The van der Waals surface area contributed by atoms with Crippen molar-refractivity contribution in [3.05, 3.63) is 0 Å². The quantitative estimate of drug-likeness (QED) is 0.682. The van der Waals surface area contributed by atoms with Crippen molar-refractivity contribution >= 4 is 16.8 Å². The van der Waals surface area contributed by atoms with Crippen molar-refractivity contribution in [3.8, 4) is 0 Å². The second-order valence-electron chi connectivity index (χ2n) is 4.31. The number of ether oxygens (including phenoxy) is 1. The van der Waals surface area contributed by atoms with Crippen LogP contribution in [-0.2, 0) is 20.3 Å². The summed E-state index contributed by atoms with van der Waals surface area (Å²) in [5.41, 5.74) is 0. The molecular formula is C10H17NO3S. The van der Waals surface area contributed by atoms with E-state index in [1.165, 1.54) is 26.4 Å². The standard InChI is InChI=1S/C10H17NO3S/c1-14-10(12)9-6-15(13)5-8(11-9)7-3-2-4-7/h7-9,11H,2-6H2,1H3. The Bertz CT molecular complexity index is 278. The Kier molecular flexibility index (Phi) is 3.41. The topological polar surface area (TPSA) is 55.4 Å². The van der Waals surface area contributed by atoms with Crippen molar-refractivity contribution in [1.82, 2.24) is 5.32 Å². The number of methoxy groups -OCH3 is 1. The summed E-state index contributed by atoms with van der Waals surface area (Å²) in [7, 11) is 0.501. The summed E-state index contributed by atoms with van der Waals surface area (Å²) in [5.74, 6) is 1.42. The number of esters is 1. The largest absolute Gasteiger partial charge is 0.468 e. The van der Waals surface area contributed by atoms with E-state index in [0.717, 1.165) is 0 Å². The lowest BCUT2D eigenvalue weighted by atomic mass is 9.80. The molecule has 3 atom stereocenters. The molecule has 0 spiro atoms. The van der Waals surface area contributed by atoms with Crippen molar-refractivity contribution in [2.75, 3.05) is 18.6 Å². The van der Waals surface area contributed by atoms with Gasteiger partial charge in [-0.05, 0) is 18.8 Å². The Morgan fingerprint density at radius 2 is 2.13 bits per heavy atom. The first-order valence-electron chi connectivity index (χ1n) is 5.39. The molecule has 4 nitrogen and oxygen atoms in total. The molecule has 3 unspecified atom stereocenters. The summed E-state index contributed by atoms with van der Waals surface area (Å²) in [4.78, 5) is 11.4. The van der Waals surface area contributed by atoms with Crippen molar-refractivity contribution < 1.29 is 13.7 Å². The molecule has 0 aromatic rings. The van der Waals surface area contributed by atoms with E-state index >= 15 is 0 Å². The normalized spacial score (nSPS) is 37.0. The Labute approximate surface area is 92.2 Å². The zero-order valence-electron chi connectivity index (χ0n) is 8.90. The summed E-state index contributed by atoms with van der Waals surface area (Å²) in [6.07, 6.45) is 3.66. The number of carbonyl (C=O) groups is 1. The lowest BCUT2D eigenvalue weighted by Gasteiger charge is -2.38. The lowest BCUT2D eigenvalue weighted by Crippen LogP contribution is -2.57. The van der Waals surface area contributed by atoms with E-state index < -0.39 is 10.8 Å². The van der Waals surface area contributed by atoms with Gasteiger partial charge in [-0.1, -0.05) is 6.42 Å². The molecule has 0 bridgehead atoms. The van der Waals surface area contributed by atoms with Gasteiger partial charge in [0.05, 0.1) is 7.11 Å². The predicted molar refractivity (Wildman–Crippen MR) is 57.9 cm³/mol. The van der Waals surface area contributed by atoms with E-state index in [9.17, 15) is 9.00 Å². The van der Waals surface area contributed by atoms with Crippen LogP contribution in [0, 0.1) is 5.92 Å². The summed E-state index contributed by atoms with van der Waals surface area (Å²) in [6, 6.07) is -0.118. The van der Waals surface area contributed by atoms with Crippen LogP contribution in [0.4, 0.5) is 0 Å². The zero-order chi connectivity index (χ0) is 10.8. The van der Waals surface area contributed by atoms with E-state index in [4.69, 9.17) is 0 Å². The van der Waals surface area contributed by atoms with Gasteiger partial charge in [0.15, 0.2) is 0 Å². The molecule has 1 N–H and O–H groups in total. The summed E-state index contributed by atoms with van der Waals surface area (Å²) in [5, 5.41) is 3.27. The first-order valence-corrected chi connectivity index (χ1v) is 6.88. The predicted octanol–water partition coefficient (Wildman–Crippen LogP) is 0.0486. The summed E-state index contributed by atoms with van der Waals surface area (Å²) < 4.78 is 16.3. The molecule has 0 aromatic heterocycles. The van der Waals surface area contributed by atoms with Crippen LogP contribution in [0.25, 0.3) is 0 Å². The minimum atomic E-state index is -0.874. The smallest absolute Gasteiger partial charge is 0.323 e. The van der Waals surface area contributed by atoms with Gasteiger partial charge in [0.25, 0.3) is 0 Å². The van der Waals surface area contributed by atoms with Gasteiger partial charge >= 0.3 is 5.97 Å². The average Bonchev–Trinajstić information content (AvgIpc) is 2.13. The van der Waals surface area contributed by atoms with Gasteiger partial charge in [0, 0.05) is 28.3 Å². The minimum Gasteiger partial charge on any atom is -0.468 e. The van der Waals surface area contributed by atoms with E-state index in [0.29, 0.717) is 17.4 Å². The van der Waals surface area contributed by atoms with Crippen LogP contribution in [0.5, 0.6) is 0 Å². The van der Waals surface area contributed by atoms with Crippen LogP contribution < -0.4 is 5.32 Å². The number of hydrogen-bond acceptors (Lipinski definition) is 4. The fraction of sp³-hybridized carbons (Fsp3) is 0.900. The maximum atomic E-state index is 11.6. The highest BCUT2D eigenvalue weighted by molar-refractivity contribution is 7.85. The highest BCUT2D eigenvalue weighted by Crippen LogP contribution is 2.31. The first-order chi connectivity index (χ1) is 7.20. The number of carbonyl (C=O) groups excluding carboxylic acids is 1. The Morgan fingerprint density at radius 1 is 1.40 bits per heavy atom. The molecule has 1 heterocycles. The molecule has 0 radical (unpaired) electrons. The lowest BCUT2D eigenvalue weighted by molar-refractivity contribution is -0.142. The van der Waals surface area contributed by atoms with Crippen LogP contribution in [0.2, 0.25) is 0 Å². The average molecular weight is 231 g/mol. The monoisotopic (exact) mass is 231 g/mol. The second-order valence-corrected chi connectivity index (χ2v) is 5.86. The van der Waals surface area contributed by atoms with Crippen molar-refractivity contribution in [3.63, 3.8) is 0 Å². The van der Waals surface area contributed by atoms with E-state index in [1.54, 1.807) is 0 Å². The van der Waals surface area contributed by atoms with Gasteiger partial charge in [0.1, 0.15) is 6.04 Å². The maximum Gasteiger partial charge on any atom is 0.323 e. The first kappa shape index (κ1) is 11.1. The molecule has 15 heavy (non-hydrogen) atoms. The highest BCUT2D eigenvalue weighted by Gasteiger charge is 2.36. The van der Waals surface area contributed by atoms with Crippen LogP contribution >= 0.6 is 0 Å². The molecule has 2 fully saturated rings. The SMILES string of the molecule is COC(=O)C1CS(=O)CC(C2CCC2)N1. The van der Waals surface area contributed by atoms with Gasteiger partial charge in [-0.15, -0.1) is 0 Å². The Hall–Kier alpha value is -0.420. The van der Waals surface area contributed by atoms with Crippen LogP contribution in [0.1, 0.15) is 19.3 Å². The van der Waals surface area contributed by atoms with Crippen molar-refractivity contribution in [2.24, 2.45) is 5.92 Å². The number of nitrogens with one attached hydrogen (secondary N) is 1. The maximum absolute atomic E-state index is 11.6. The number of hydrogen-bond donors (Lipinski definition) is 1. The molecule has 2 aliphatic rings. The second kappa shape index (κ2) is 4.61. The molecule has 1 aliphatic heterocycles. The third-order valence-corrected chi connectivity index (χ3v) is 4.77. The highest BCUT2D eigenvalue weighted by atomic mass is 32.2. The van der Waals surface area contributed by atoms with E-state index in [2.05, 4.69) is 10.1 Å². The Balaban J connectivity index is 1.97. The van der Waals surface area contributed by atoms with Gasteiger partial charge in [-0.3, -0.25) is 14.3 Å². The molecule has 1 saturated heterocycles. The van der Waals surface area contributed by atoms with Crippen molar-refractivity contribution in [1.29, 1.82) is 0 Å². The zero-order valence-corrected chi connectivity index (χ0v) is 9.72. The van der Waals surface area contributed by atoms with Crippen LogP contribution in [0.15, 0.2) is 0 Å². The molecule has 2 rings (SSSR count). The van der Waals surface area contributed by atoms with Crippen LogP contribution in [-0.4, -0.2) is 40.9 Å². The molecule has 1 saturated carbocycles. The molecule has 1 aliphatic carbocycles. The fourth-order valence-corrected chi connectivity index (χ4v) is 3.71. The molecule has 0 amide bonds. The van der Waals surface area contributed by atoms with E-state index in [-0.39, 0.29) is 18.1 Å². The molecular weight excluding hydrogens is 214 g/mol. The minimum absolute atomic E-state index is 0.248. The molecule has 5 heteroatoms. The third-order valence-electron chi connectivity index (χ3n) is 3.34. The van der Waals surface area contributed by atoms with Gasteiger partial charge in [-0.2, -0.15) is 0 Å². The van der Waals surface area contributed by atoms with Gasteiger partial charge < -0.3 is 4.74 Å². The van der Waals surface area contributed by atoms with Gasteiger partial charge in [-0.25, -0.2) is 0 Å². The third kappa shape index (κ3) is 2.39. The Morgan fingerprint density at radius 3 is 2.67 bits per heavy atom. The number of rotatable bonds is 2. The van der Waals surface area contributed by atoms with Gasteiger partial charge in [0.2, 0.25) is 0 Å².